The molecule has 2 aromatic heterocycles. The van der Waals surface area contributed by atoms with E-state index >= 15 is 0 Å². The first kappa shape index (κ1) is 15.1. The van der Waals surface area contributed by atoms with Gasteiger partial charge in [0.25, 0.3) is 5.91 Å². The van der Waals surface area contributed by atoms with Crippen molar-refractivity contribution in [2.24, 2.45) is 0 Å². The lowest BCUT2D eigenvalue weighted by atomic mass is 10.1. The summed E-state index contributed by atoms with van der Waals surface area (Å²) >= 11 is 0. The summed E-state index contributed by atoms with van der Waals surface area (Å²) in [6.45, 7) is 0. The van der Waals surface area contributed by atoms with Crippen LogP contribution >= 0.6 is 0 Å². The molecular formula is C20H16N4O. The van der Waals surface area contributed by atoms with Crippen LogP contribution in [0.15, 0.2) is 79.1 Å². The fraction of sp³-hybridized carbons (Fsp3) is 0.0500. The number of rotatable bonds is 4. The van der Waals surface area contributed by atoms with Crippen molar-refractivity contribution in [3.8, 4) is 0 Å². The first-order valence-corrected chi connectivity index (χ1v) is 8.02. The van der Waals surface area contributed by atoms with E-state index in [0.29, 0.717) is 11.4 Å². The van der Waals surface area contributed by atoms with Crippen LogP contribution in [0.25, 0.3) is 11.0 Å². The summed E-state index contributed by atoms with van der Waals surface area (Å²) in [4.78, 5) is 24.6. The first-order chi connectivity index (χ1) is 12.3. The lowest BCUT2D eigenvalue weighted by molar-refractivity contribution is 0.0941. The Hall–Kier alpha value is -3.47. The van der Waals surface area contributed by atoms with Gasteiger partial charge in [0, 0.05) is 18.0 Å². The number of imidazole rings is 1. The minimum Gasteiger partial charge on any atom is -0.340 e. The molecule has 0 aliphatic carbocycles. The van der Waals surface area contributed by atoms with Gasteiger partial charge in [0.15, 0.2) is 0 Å². The Morgan fingerprint density at radius 3 is 2.40 bits per heavy atom. The standard InChI is InChI=1S/C20H16N4O/c25-20(15-10-12-21-13-11-15)24-18(14-6-2-1-3-7-14)19-22-16-8-4-5-9-17(16)23-19/h1-13,18H,(H,22,23)(H,24,25)/t18-/m1/s1. The van der Waals surface area contributed by atoms with Gasteiger partial charge in [-0.05, 0) is 29.8 Å². The normalized spacial score (nSPS) is 12.0. The average Bonchev–Trinajstić information content (AvgIpc) is 3.11. The van der Waals surface area contributed by atoms with Gasteiger partial charge >= 0.3 is 0 Å². The Morgan fingerprint density at radius 2 is 1.64 bits per heavy atom. The molecule has 1 amide bonds. The minimum atomic E-state index is -0.366. The first-order valence-electron chi connectivity index (χ1n) is 8.02. The summed E-state index contributed by atoms with van der Waals surface area (Å²) in [6.07, 6.45) is 3.21. The molecule has 2 heterocycles. The number of carbonyl (C=O) groups is 1. The van der Waals surface area contributed by atoms with Crippen molar-refractivity contribution >= 4 is 16.9 Å². The summed E-state index contributed by atoms with van der Waals surface area (Å²) in [5, 5.41) is 3.07. The van der Waals surface area contributed by atoms with Gasteiger partial charge in [-0.3, -0.25) is 9.78 Å². The van der Waals surface area contributed by atoms with E-state index in [2.05, 4.69) is 20.3 Å². The van der Waals surface area contributed by atoms with Crippen LogP contribution in [-0.2, 0) is 0 Å². The largest absolute Gasteiger partial charge is 0.340 e. The van der Waals surface area contributed by atoms with Crippen LogP contribution in [0.2, 0.25) is 0 Å². The highest BCUT2D eigenvalue weighted by molar-refractivity contribution is 5.94. The number of aromatic nitrogens is 3. The second-order valence-corrected chi connectivity index (χ2v) is 5.69. The smallest absolute Gasteiger partial charge is 0.252 e. The van der Waals surface area contributed by atoms with Gasteiger partial charge in [-0.1, -0.05) is 42.5 Å². The highest BCUT2D eigenvalue weighted by Gasteiger charge is 2.21. The number of amides is 1. The molecule has 0 fully saturated rings. The predicted octanol–water partition coefficient (Wildman–Crippen LogP) is 3.48. The summed E-state index contributed by atoms with van der Waals surface area (Å²) < 4.78 is 0. The molecule has 4 rings (SSSR count). The highest BCUT2D eigenvalue weighted by Crippen LogP contribution is 2.23. The molecule has 0 radical (unpaired) electrons. The highest BCUT2D eigenvalue weighted by atomic mass is 16.1. The third-order valence-corrected chi connectivity index (χ3v) is 4.03. The Balaban J connectivity index is 1.73. The number of benzene rings is 2. The molecule has 5 heteroatoms. The molecule has 5 nitrogen and oxygen atoms in total. The lowest BCUT2D eigenvalue weighted by Crippen LogP contribution is -2.30. The van der Waals surface area contributed by atoms with E-state index in [1.165, 1.54) is 0 Å². The number of para-hydroxylation sites is 2. The monoisotopic (exact) mass is 328 g/mol. The minimum absolute atomic E-state index is 0.170. The van der Waals surface area contributed by atoms with Gasteiger partial charge in [-0.15, -0.1) is 0 Å². The predicted molar refractivity (Wildman–Crippen MR) is 96.1 cm³/mol. The van der Waals surface area contributed by atoms with Gasteiger partial charge in [-0.25, -0.2) is 4.98 Å². The van der Waals surface area contributed by atoms with E-state index < -0.39 is 0 Å². The van der Waals surface area contributed by atoms with Gasteiger partial charge < -0.3 is 10.3 Å². The van der Waals surface area contributed by atoms with E-state index in [1.54, 1.807) is 24.5 Å². The van der Waals surface area contributed by atoms with Crippen LogP contribution in [0.1, 0.15) is 27.8 Å². The average molecular weight is 328 g/mol. The van der Waals surface area contributed by atoms with E-state index in [1.807, 2.05) is 54.6 Å². The number of nitrogens with zero attached hydrogens (tertiary/aromatic N) is 2. The van der Waals surface area contributed by atoms with Crippen molar-refractivity contribution in [1.82, 2.24) is 20.3 Å². The fourth-order valence-electron chi connectivity index (χ4n) is 2.78. The number of H-pyrrole nitrogens is 1. The quantitative estimate of drug-likeness (QED) is 0.602. The number of aromatic amines is 1. The number of fused-ring (bicyclic) bond motifs is 1. The van der Waals surface area contributed by atoms with Gasteiger partial charge in [-0.2, -0.15) is 0 Å². The van der Waals surface area contributed by atoms with Gasteiger partial charge in [0.05, 0.1) is 11.0 Å². The SMILES string of the molecule is O=C(N[C@H](c1ccccc1)c1nc2ccccc2[nH]1)c1ccncc1. The molecule has 0 spiro atoms. The third kappa shape index (κ3) is 3.12. The van der Waals surface area contributed by atoms with E-state index in [4.69, 9.17) is 0 Å². The van der Waals surface area contributed by atoms with Crippen molar-refractivity contribution in [1.29, 1.82) is 0 Å². The van der Waals surface area contributed by atoms with Crippen LogP contribution in [0.5, 0.6) is 0 Å². The van der Waals surface area contributed by atoms with Crippen molar-refractivity contribution in [3.05, 3.63) is 96.1 Å². The number of pyridine rings is 1. The molecule has 0 aliphatic heterocycles. The van der Waals surface area contributed by atoms with Crippen LogP contribution in [0.4, 0.5) is 0 Å². The zero-order valence-electron chi connectivity index (χ0n) is 13.4. The summed E-state index contributed by atoms with van der Waals surface area (Å²) in [7, 11) is 0. The van der Waals surface area contributed by atoms with Crippen LogP contribution in [0.3, 0.4) is 0 Å². The van der Waals surface area contributed by atoms with Crippen molar-refractivity contribution in [2.75, 3.05) is 0 Å². The maximum atomic E-state index is 12.6. The lowest BCUT2D eigenvalue weighted by Gasteiger charge is -2.17. The molecule has 4 aromatic rings. The molecule has 0 bridgehead atoms. The Labute approximate surface area is 144 Å². The van der Waals surface area contributed by atoms with Crippen molar-refractivity contribution < 1.29 is 4.79 Å². The molecule has 1 atom stereocenters. The van der Waals surface area contributed by atoms with E-state index in [-0.39, 0.29) is 11.9 Å². The zero-order chi connectivity index (χ0) is 17.1. The zero-order valence-corrected chi connectivity index (χ0v) is 13.4. The third-order valence-electron chi connectivity index (χ3n) is 4.03. The van der Waals surface area contributed by atoms with Crippen molar-refractivity contribution in [3.63, 3.8) is 0 Å². The topological polar surface area (TPSA) is 70.7 Å². The van der Waals surface area contributed by atoms with E-state index in [0.717, 1.165) is 16.6 Å². The number of hydrogen-bond donors (Lipinski definition) is 2. The fourth-order valence-corrected chi connectivity index (χ4v) is 2.78. The second-order valence-electron chi connectivity index (χ2n) is 5.69. The Kier molecular flexibility index (Phi) is 3.96. The molecule has 0 saturated heterocycles. The van der Waals surface area contributed by atoms with Crippen molar-refractivity contribution in [2.45, 2.75) is 6.04 Å². The molecule has 25 heavy (non-hydrogen) atoms. The molecule has 0 aliphatic rings. The molecule has 0 saturated carbocycles. The second kappa shape index (κ2) is 6.57. The molecule has 0 unspecified atom stereocenters. The molecule has 122 valence electrons. The van der Waals surface area contributed by atoms with Gasteiger partial charge in [0.1, 0.15) is 11.9 Å². The number of carbonyl (C=O) groups excluding carboxylic acids is 1. The summed E-state index contributed by atoms with van der Waals surface area (Å²) in [6, 6.07) is 20.6. The molecular weight excluding hydrogens is 312 g/mol. The summed E-state index contributed by atoms with van der Waals surface area (Å²) in [5.74, 6) is 0.534. The number of hydrogen-bond acceptors (Lipinski definition) is 3. The Morgan fingerprint density at radius 1 is 0.920 bits per heavy atom. The summed E-state index contributed by atoms with van der Waals surface area (Å²) in [5.41, 5.74) is 3.34. The Bertz CT molecular complexity index is 963. The van der Waals surface area contributed by atoms with E-state index in [9.17, 15) is 4.79 Å². The van der Waals surface area contributed by atoms with Crippen LogP contribution in [-0.4, -0.2) is 20.9 Å². The molecule has 2 N–H and O–H groups in total. The number of nitrogens with one attached hydrogen (secondary N) is 2. The molecule has 2 aromatic carbocycles. The van der Waals surface area contributed by atoms with Crippen LogP contribution in [0, 0.1) is 0 Å². The maximum absolute atomic E-state index is 12.6. The maximum Gasteiger partial charge on any atom is 0.252 e. The van der Waals surface area contributed by atoms with Gasteiger partial charge in [0.2, 0.25) is 0 Å². The van der Waals surface area contributed by atoms with Crippen LogP contribution < -0.4 is 5.32 Å².